The van der Waals surface area contributed by atoms with Gasteiger partial charge in [-0.25, -0.2) is 0 Å². The van der Waals surface area contributed by atoms with E-state index < -0.39 is 12.1 Å². The number of amides is 1. The van der Waals surface area contributed by atoms with Crippen LogP contribution in [-0.4, -0.2) is 63.2 Å². The summed E-state index contributed by atoms with van der Waals surface area (Å²) in [6, 6.07) is 5.27. The summed E-state index contributed by atoms with van der Waals surface area (Å²) in [5.41, 5.74) is 2.32. The molecule has 10 heteroatoms. The molecule has 1 amide bonds. The zero-order valence-corrected chi connectivity index (χ0v) is 19.6. The molecule has 0 spiro atoms. The largest absolute Gasteiger partial charge is 0.493 e. The predicted octanol–water partition coefficient (Wildman–Crippen LogP) is 3.25. The summed E-state index contributed by atoms with van der Waals surface area (Å²) >= 11 is 12.9. The van der Waals surface area contributed by atoms with Crippen molar-refractivity contribution in [2.24, 2.45) is 0 Å². The highest BCUT2D eigenvalue weighted by atomic mass is 35.5. The third-order valence-electron chi connectivity index (χ3n) is 6.32. The van der Waals surface area contributed by atoms with Crippen molar-refractivity contribution in [3.8, 4) is 0 Å². The number of nitrogens with one attached hydrogen (secondary N) is 1. The summed E-state index contributed by atoms with van der Waals surface area (Å²) < 4.78 is 1.31. The van der Waals surface area contributed by atoms with Crippen LogP contribution >= 0.6 is 23.2 Å². The normalized spacial score (nSPS) is 21.2. The third-order valence-corrected chi connectivity index (χ3v) is 7.02. The minimum absolute atomic E-state index is 0.0652. The lowest BCUT2D eigenvalue weighted by Crippen LogP contribution is -2.47. The molecule has 1 aromatic carbocycles. The molecule has 3 aliphatic rings. The summed E-state index contributed by atoms with van der Waals surface area (Å²) in [6.45, 7) is 1.79. The first-order chi connectivity index (χ1) is 15.8. The Morgan fingerprint density at radius 3 is 2.64 bits per heavy atom. The van der Waals surface area contributed by atoms with Crippen LogP contribution < -0.4 is 10.2 Å². The van der Waals surface area contributed by atoms with Crippen LogP contribution in [0.25, 0.3) is 11.5 Å². The monoisotopic (exact) mass is 489 g/mol. The van der Waals surface area contributed by atoms with Gasteiger partial charge in [-0.05, 0) is 44.0 Å². The van der Waals surface area contributed by atoms with Gasteiger partial charge in [-0.2, -0.15) is 9.78 Å². The molecule has 3 N–H and O–H groups in total. The highest BCUT2D eigenvalue weighted by Gasteiger charge is 2.40. The Hall–Kier alpha value is -2.52. The number of anilines is 1. The molecule has 1 atom stereocenters. The lowest BCUT2D eigenvalue weighted by atomic mass is 10.00. The van der Waals surface area contributed by atoms with E-state index in [1.807, 2.05) is 0 Å². The number of hydrogen-bond donors (Lipinski definition) is 3. The van der Waals surface area contributed by atoms with Crippen molar-refractivity contribution in [3.63, 3.8) is 0 Å². The Bertz CT molecular complexity index is 1150. The molecular weight excluding hydrogens is 465 g/mol. The van der Waals surface area contributed by atoms with Gasteiger partial charge in [0.2, 0.25) is 5.88 Å². The second kappa shape index (κ2) is 8.68. The first-order valence-electron chi connectivity index (χ1n) is 10.9. The van der Waals surface area contributed by atoms with Crippen molar-refractivity contribution in [3.05, 3.63) is 57.2 Å². The molecule has 1 aromatic heterocycles. The summed E-state index contributed by atoms with van der Waals surface area (Å²) in [4.78, 5) is 16.8. The minimum atomic E-state index is -1.41. The van der Waals surface area contributed by atoms with Gasteiger partial charge in [-0.1, -0.05) is 35.3 Å². The van der Waals surface area contributed by atoms with Gasteiger partial charge in [-0.15, -0.1) is 0 Å². The Morgan fingerprint density at radius 1 is 1.27 bits per heavy atom. The van der Waals surface area contributed by atoms with Crippen LogP contribution in [0.5, 0.6) is 0 Å². The van der Waals surface area contributed by atoms with Crippen LogP contribution in [0.3, 0.4) is 0 Å². The fourth-order valence-electron chi connectivity index (χ4n) is 4.24. The lowest BCUT2D eigenvalue weighted by Gasteiger charge is -2.36. The molecule has 33 heavy (non-hydrogen) atoms. The van der Waals surface area contributed by atoms with E-state index in [2.05, 4.69) is 28.4 Å². The van der Waals surface area contributed by atoms with Gasteiger partial charge in [0, 0.05) is 40.3 Å². The van der Waals surface area contributed by atoms with E-state index in [9.17, 15) is 15.0 Å². The van der Waals surface area contributed by atoms with Crippen molar-refractivity contribution in [2.45, 2.75) is 38.1 Å². The van der Waals surface area contributed by atoms with Gasteiger partial charge in [-0.3, -0.25) is 4.79 Å². The first kappa shape index (κ1) is 22.3. The van der Waals surface area contributed by atoms with Gasteiger partial charge < -0.3 is 25.3 Å². The van der Waals surface area contributed by atoms with Crippen LogP contribution in [0.1, 0.15) is 30.4 Å². The molecule has 3 heterocycles. The number of benzene rings is 1. The topological polar surface area (TPSA) is 93.9 Å². The van der Waals surface area contributed by atoms with Gasteiger partial charge in [0.05, 0.1) is 12.7 Å². The molecule has 1 saturated carbocycles. The first-order valence-corrected chi connectivity index (χ1v) is 11.7. The minimum Gasteiger partial charge on any atom is -0.493 e. The number of aromatic nitrogens is 2. The summed E-state index contributed by atoms with van der Waals surface area (Å²) in [6.07, 6.45) is 4.93. The van der Waals surface area contributed by atoms with Crippen LogP contribution in [0.2, 0.25) is 10.0 Å². The van der Waals surface area contributed by atoms with E-state index in [1.54, 1.807) is 29.3 Å². The van der Waals surface area contributed by atoms with Crippen molar-refractivity contribution in [1.29, 1.82) is 0 Å². The zero-order chi connectivity index (χ0) is 23.3. The standard InChI is InChI=1S/C23H25Cl2N5O3/c1-28-9-7-13(8-10-28)15-11-26-30-21(15)29(12-16-17(24)3-2-4-18(16)25)22(32)19(23(30)33)20(31)27-14-5-6-14/h2-4,7,11,14,22,32-33H,5-6,8-10,12H2,1H3,(H,27,31). The number of carbonyl (C=O) groups is 1. The maximum atomic E-state index is 12.9. The van der Waals surface area contributed by atoms with Crippen molar-refractivity contribution in [1.82, 2.24) is 20.0 Å². The molecule has 0 bridgehead atoms. The van der Waals surface area contributed by atoms with Gasteiger partial charge >= 0.3 is 0 Å². The highest BCUT2D eigenvalue weighted by molar-refractivity contribution is 6.36. The molecule has 1 unspecified atom stereocenters. The van der Waals surface area contributed by atoms with Crippen molar-refractivity contribution in [2.75, 3.05) is 25.0 Å². The Balaban J connectivity index is 1.62. The zero-order valence-electron chi connectivity index (χ0n) is 18.1. The van der Waals surface area contributed by atoms with Crippen LogP contribution in [0.15, 0.2) is 36.0 Å². The quantitative estimate of drug-likeness (QED) is 0.596. The number of aliphatic hydroxyl groups excluding tert-OH is 2. The fraction of sp³-hybridized carbons (Fsp3) is 0.391. The number of hydrogen-bond acceptors (Lipinski definition) is 6. The Labute approximate surface area is 201 Å². The molecule has 2 aromatic rings. The molecule has 1 fully saturated rings. The van der Waals surface area contributed by atoms with Gasteiger partial charge in [0.1, 0.15) is 11.4 Å². The predicted molar refractivity (Wildman–Crippen MR) is 128 cm³/mol. The fourth-order valence-corrected chi connectivity index (χ4v) is 4.76. The molecule has 2 aliphatic heterocycles. The number of halogens is 2. The number of carbonyl (C=O) groups excluding carboxylic acids is 1. The number of nitrogens with zero attached hydrogens (tertiary/aromatic N) is 4. The Kier molecular flexibility index (Phi) is 5.86. The van der Waals surface area contributed by atoms with E-state index in [-0.39, 0.29) is 24.0 Å². The molecule has 5 rings (SSSR count). The second-order valence-corrected chi connectivity index (χ2v) is 9.54. The van der Waals surface area contributed by atoms with Gasteiger partial charge in [0.25, 0.3) is 5.91 Å². The molecule has 0 radical (unpaired) electrons. The molecule has 8 nitrogen and oxygen atoms in total. The average Bonchev–Trinajstić information content (AvgIpc) is 3.48. The van der Waals surface area contributed by atoms with Crippen molar-refractivity contribution < 1.29 is 15.0 Å². The average molecular weight is 490 g/mol. The lowest BCUT2D eigenvalue weighted by molar-refractivity contribution is -0.118. The van der Waals surface area contributed by atoms with E-state index in [1.165, 1.54) is 4.68 Å². The van der Waals surface area contributed by atoms with Crippen LogP contribution in [-0.2, 0) is 11.3 Å². The number of fused-ring (bicyclic) bond motifs is 1. The smallest absolute Gasteiger partial charge is 0.257 e. The highest BCUT2D eigenvalue weighted by Crippen LogP contribution is 2.40. The third kappa shape index (κ3) is 4.12. The summed E-state index contributed by atoms with van der Waals surface area (Å²) in [7, 11) is 2.05. The number of likely N-dealkylation sites (N-methyl/N-ethyl adjacent to an activating group) is 1. The molecule has 0 saturated heterocycles. The number of rotatable bonds is 5. The summed E-state index contributed by atoms with van der Waals surface area (Å²) in [5.74, 6) is -0.398. The molecule has 1 aliphatic carbocycles. The van der Waals surface area contributed by atoms with E-state index >= 15 is 0 Å². The van der Waals surface area contributed by atoms with E-state index in [0.29, 0.717) is 21.4 Å². The maximum Gasteiger partial charge on any atom is 0.257 e. The number of aliphatic hydroxyl groups is 2. The summed E-state index contributed by atoms with van der Waals surface area (Å²) in [5, 5.41) is 30.5. The molecule has 174 valence electrons. The van der Waals surface area contributed by atoms with Crippen LogP contribution in [0, 0.1) is 0 Å². The SMILES string of the molecule is CN1CC=C(c2cnn3c2N(Cc2c(Cl)cccc2Cl)C(O)C(C(=O)NC2CC2)=C3O)CC1. The van der Waals surface area contributed by atoms with E-state index in [4.69, 9.17) is 23.2 Å². The Morgan fingerprint density at radius 2 is 2.00 bits per heavy atom. The van der Waals surface area contributed by atoms with E-state index in [0.717, 1.165) is 43.5 Å². The maximum absolute atomic E-state index is 12.9. The molecular formula is C23H25Cl2N5O3. The van der Waals surface area contributed by atoms with Gasteiger partial charge in [0.15, 0.2) is 6.23 Å². The van der Waals surface area contributed by atoms with Crippen molar-refractivity contribution >= 4 is 46.4 Å². The second-order valence-electron chi connectivity index (χ2n) is 8.72. The van der Waals surface area contributed by atoms with Crippen LogP contribution in [0.4, 0.5) is 5.82 Å².